The summed E-state index contributed by atoms with van der Waals surface area (Å²) < 4.78 is 16.8. The van der Waals surface area contributed by atoms with E-state index < -0.39 is 0 Å². The van der Waals surface area contributed by atoms with E-state index in [1.165, 1.54) is 0 Å². The highest BCUT2D eigenvalue weighted by Gasteiger charge is 2.13. The predicted molar refractivity (Wildman–Crippen MR) is 107 cm³/mol. The normalized spacial score (nSPS) is 14.9. The van der Waals surface area contributed by atoms with Crippen molar-refractivity contribution in [3.63, 3.8) is 0 Å². The second kappa shape index (κ2) is 8.41. The molecule has 1 aliphatic rings. The number of ether oxygens (including phenoxy) is 3. The van der Waals surface area contributed by atoms with Crippen molar-refractivity contribution in [3.05, 3.63) is 52.8 Å². The number of methoxy groups -OCH3 is 1. The maximum atomic E-state index is 12.3. The average molecular weight is 381 g/mol. The summed E-state index contributed by atoms with van der Waals surface area (Å²) in [5.41, 5.74) is 1.26. The minimum Gasteiger partial charge on any atom is -0.493 e. The van der Waals surface area contributed by atoms with Crippen LogP contribution in [-0.2, 0) is 4.74 Å². The van der Waals surface area contributed by atoms with Crippen molar-refractivity contribution in [1.82, 2.24) is 14.9 Å². The molecule has 2 aromatic carbocycles. The fourth-order valence-electron chi connectivity index (χ4n) is 3.27. The van der Waals surface area contributed by atoms with Crippen LogP contribution in [0.2, 0.25) is 0 Å². The third-order valence-corrected chi connectivity index (χ3v) is 4.82. The number of morpholine rings is 1. The Bertz CT molecular complexity index is 1010. The molecule has 0 saturated carbocycles. The summed E-state index contributed by atoms with van der Waals surface area (Å²) >= 11 is 0. The van der Waals surface area contributed by atoms with Crippen LogP contribution in [0.5, 0.6) is 11.5 Å². The van der Waals surface area contributed by atoms with Crippen LogP contribution in [-0.4, -0.2) is 61.4 Å². The number of hydrogen-bond acceptors (Lipinski definition) is 6. The third-order valence-electron chi connectivity index (χ3n) is 4.82. The molecule has 1 saturated heterocycles. The van der Waals surface area contributed by atoms with E-state index in [4.69, 9.17) is 14.2 Å². The number of nitrogens with one attached hydrogen (secondary N) is 1. The van der Waals surface area contributed by atoms with E-state index in [0.29, 0.717) is 34.8 Å². The molecule has 0 amide bonds. The minimum atomic E-state index is -0.162. The highest BCUT2D eigenvalue weighted by molar-refractivity contribution is 5.79. The van der Waals surface area contributed by atoms with E-state index in [0.717, 1.165) is 38.4 Å². The molecule has 1 N–H and O–H groups in total. The lowest BCUT2D eigenvalue weighted by atomic mass is 10.1. The van der Waals surface area contributed by atoms with Gasteiger partial charge in [-0.25, -0.2) is 4.98 Å². The van der Waals surface area contributed by atoms with Crippen molar-refractivity contribution < 1.29 is 14.2 Å². The maximum absolute atomic E-state index is 12.3. The molecule has 0 radical (unpaired) electrons. The molecule has 0 unspecified atom stereocenters. The molecule has 2 heterocycles. The van der Waals surface area contributed by atoms with Crippen LogP contribution in [0, 0.1) is 0 Å². The summed E-state index contributed by atoms with van der Waals surface area (Å²) in [7, 11) is 1.60. The Morgan fingerprint density at radius 1 is 1.14 bits per heavy atom. The first kappa shape index (κ1) is 18.5. The first-order valence-corrected chi connectivity index (χ1v) is 9.35. The molecular weight excluding hydrogens is 358 g/mol. The summed E-state index contributed by atoms with van der Waals surface area (Å²) in [5, 5.41) is 0.571. The summed E-state index contributed by atoms with van der Waals surface area (Å²) in [6.45, 7) is 4.82. The molecule has 1 aromatic heterocycles. The number of aromatic nitrogens is 2. The molecule has 146 valence electrons. The number of H-pyrrole nitrogens is 1. The van der Waals surface area contributed by atoms with Gasteiger partial charge in [-0.1, -0.05) is 12.1 Å². The largest absolute Gasteiger partial charge is 0.493 e. The maximum Gasteiger partial charge on any atom is 0.259 e. The quantitative estimate of drug-likeness (QED) is 0.706. The molecule has 0 spiro atoms. The molecule has 28 heavy (non-hydrogen) atoms. The number of aromatic amines is 1. The van der Waals surface area contributed by atoms with E-state index in [-0.39, 0.29) is 5.56 Å². The van der Waals surface area contributed by atoms with Crippen molar-refractivity contribution in [2.75, 3.05) is 46.6 Å². The van der Waals surface area contributed by atoms with Gasteiger partial charge < -0.3 is 19.2 Å². The van der Waals surface area contributed by atoms with Gasteiger partial charge in [0.1, 0.15) is 12.4 Å². The van der Waals surface area contributed by atoms with Crippen LogP contribution >= 0.6 is 0 Å². The van der Waals surface area contributed by atoms with Crippen molar-refractivity contribution in [3.8, 4) is 22.9 Å². The first-order chi connectivity index (χ1) is 13.7. The first-order valence-electron chi connectivity index (χ1n) is 9.35. The van der Waals surface area contributed by atoms with Gasteiger partial charge in [0.15, 0.2) is 11.5 Å². The van der Waals surface area contributed by atoms with Gasteiger partial charge in [-0.2, -0.15) is 0 Å². The van der Waals surface area contributed by atoms with Crippen molar-refractivity contribution >= 4 is 10.9 Å². The molecule has 0 aliphatic carbocycles. The smallest absolute Gasteiger partial charge is 0.259 e. The molecular formula is C21H23N3O4. The van der Waals surface area contributed by atoms with E-state index in [2.05, 4.69) is 14.9 Å². The van der Waals surface area contributed by atoms with Crippen LogP contribution in [0.15, 0.2) is 47.3 Å². The van der Waals surface area contributed by atoms with Crippen molar-refractivity contribution in [1.29, 1.82) is 0 Å². The Labute approximate surface area is 162 Å². The Hall–Kier alpha value is -2.90. The highest BCUT2D eigenvalue weighted by atomic mass is 16.5. The van der Waals surface area contributed by atoms with E-state index >= 15 is 0 Å². The Balaban J connectivity index is 1.52. The monoisotopic (exact) mass is 381 g/mol. The molecule has 0 bridgehead atoms. The Kier molecular flexibility index (Phi) is 5.55. The second-order valence-electron chi connectivity index (χ2n) is 6.60. The van der Waals surface area contributed by atoms with Gasteiger partial charge in [-0.3, -0.25) is 9.69 Å². The zero-order valence-corrected chi connectivity index (χ0v) is 15.8. The number of benzene rings is 2. The lowest BCUT2D eigenvalue weighted by molar-refractivity contribution is 0.0321. The topological polar surface area (TPSA) is 76.7 Å². The lowest BCUT2D eigenvalue weighted by Gasteiger charge is -2.26. The number of fused-ring (bicyclic) bond motifs is 1. The lowest BCUT2D eigenvalue weighted by Crippen LogP contribution is -2.38. The Morgan fingerprint density at radius 2 is 1.96 bits per heavy atom. The van der Waals surface area contributed by atoms with Gasteiger partial charge in [0.25, 0.3) is 5.56 Å². The summed E-state index contributed by atoms with van der Waals surface area (Å²) in [6, 6.07) is 12.8. The van der Waals surface area contributed by atoms with Crippen LogP contribution in [0.3, 0.4) is 0 Å². The van der Waals surface area contributed by atoms with Crippen LogP contribution in [0.4, 0.5) is 0 Å². The zero-order valence-electron chi connectivity index (χ0n) is 15.8. The van der Waals surface area contributed by atoms with Crippen molar-refractivity contribution in [2.24, 2.45) is 0 Å². The number of rotatable bonds is 6. The predicted octanol–water partition coefficient (Wildman–Crippen LogP) is 2.31. The van der Waals surface area contributed by atoms with Gasteiger partial charge in [-0.05, 0) is 30.3 Å². The molecule has 7 heteroatoms. The van der Waals surface area contributed by atoms with E-state index in [1.54, 1.807) is 13.2 Å². The van der Waals surface area contributed by atoms with E-state index in [9.17, 15) is 4.79 Å². The molecule has 1 fully saturated rings. The van der Waals surface area contributed by atoms with Gasteiger partial charge in [0.2, 0.25) is 0 Å². The standard InChI is InChI=1S/C21H23N3O4/c1-26-19-14-15(20-22-17-5-3-2-4-16(17)21(25)23-20)6-7-18(19)28-13-10-24-8-11-27-12-9-24/h2-7,14H,8-13H2,1H3,(H,22,23,25). The van der Waals surface area contributed by atoms with Gasteiger partial charge >= 0.3 is 0 Å². The fraction of sp³-hybridized carbons (Fsp3) is 0.333. The van der Waals surface area contributed by atoms with Crippen molar-refractivity contribution in [2.45, 2.75) is 0 Å². The van der Waals surface area contributed by atoms with Gasteiger partial charge in [0.05, 0.1) is 31.2 Å². The number of hydrogen-bond donors (Lipinski definition) is 1. The van der Waals surface area contributed by atoms with Gasteiger partial charge in [0, 0.05) is 25.2 Å². The number of nitrogens with zero attached hydrogens (tertiary/aromatic N) is 2. The van der Waals surface area contributed by atoms with Gasteiger partial charge in [-0.15, -0.1) is 0 Å². The fourth-order valence-corrected chi connectivity index (χ4v) is 3.27. The molecule has 3 aromatic rings. The minimum absolute atomic E-state index is 0.162. The summed E-state index contributed by atoms with van der Waals surface area (Å²) in [6.07, 6.45) is 0. The third kappa shape index (κ3) is 4.00. The SMILES string of the molecule is COc1cc(-c2nc3ccccc3c(=O)[nH]2)ccc1OCCN1CCOCC1. The summed E-state index contributed by atoms with van der Waals surface area (Å²) in [5.74, 6) is 1.78. The highest BCUT2D eigenvalue weighted by Crippen LogP contribution is 2.31. The van der Waals surface area contributed by atoms with E-state index in [1.807, 2.05) is 36.4 Å². The van der Waals surface area contributed by atoms with Crippen LogP contribution in [0.1, 0.15) is 0 Å². The Morgan fingerprint density at radius 3 is 2.79 bits per heavy atom. The number of para-hydroxylation sites is 1. The van der Waals surface area contributed by atoms with Crippen LogP contribution < -0.4 is 15.0 Å². The average Bonchev–Trinajstić information content (AvgIpc) is 2.74. The van der Waals surface area contributed by atoms with Crippen LogP contribution in [0.25, 0.3) is 22.3 Å². The zero-order chi connectivity index (χ0) is 19.3. The molecule has 7 nitrogen and oxygen atoms in total. The summed E-state index contributed by atoms with van der Waals surface area (Å²) in [4.78, 5) is 22.0. The molecule has 4 rings (SSSR count). The second-order valence-corrected chi connectivity index (χ2v) is 6.60. The molecule has 0 atom stereocenters. The molecule has 1 aliphatic heterocycles.